The van der Waals surface area contributed by atoms with E-state index in [-0.39, 0.29) is 5.92 Å². The Bertz CT molecular complexity index is 228. The zero-order valence-corrected chi connectivity index (χ0v) is 6.01. The molecule has 0 fully saturated rings. The fourth-order valence-electron chi connectivity index (χ4n) is 0.923. The molecule has 0 aromatic rings. The SMILES string of the molecule is O=[N+]([O-])C=CC1C=CC=CC1. The number of nitrogens with zero attached hydrogens (tertiary/aromatic N) is 1. The maximum absolute atomic E-state index is 9.92. The van der Waals surface area contributed by atoms with Crippen LogP contribution in [0.5, 0.6) is 0 Å². The van der Waals surface area contributed by atoms with Crippen LogP contribution in [0.1, 0.15) is 6.42 Å². The van der Waals surface area contributed by atoms with Gasteiger partial charge in [-0.3, -0.25) is 10.1 Å². The molecular formula is C8H9NO2. The molecule has 0 spiro atoms. The quantitative estimate of drug-likeness (QED) is 0.447. The third-order valence-electron chi connectivity index (χ3n) is 1.47. The molecule has 0 aliphatic heterocycles. The largest absolute Gasteiger partial charge is 0.259 e. The average molecular weight is 151 g/mol. The van der Waals surface area contributed by atoms with E-state index in [9.17, 15) is 10.1 Å². The lowest BCUT2D eigenvalue weighted by Crippen LogP contribution is -1.94. The molecule has 1 atom stereocenters. The van der Waals surface area contributed by atoms with Gasteiger partial charge < -0.3 is 0 Å². The predicted octanol–water partition coefficient (Wildman–Crippen LogP) is 1.91. The van der Waals surface area contributed by atoms with Crippen LogP contribution in [0.25, 0.3) is 0 Å². The molecule has 0 aromatic heterocycles. The lowest BCUT2D eigenvalue weighted by Gasteiger charge is -2.04. The number of rotatable bonds is 2. The van der Waals surface area contributed by atoms with Gasteiger partial charge in [-0.05, 0) is 12.5 Å². The summed E-state index contributed by atoms with van der Waals surface area (Å²) in [6.07, 6.45) is 11.2. The van der Waals surface area contributed by atoms with Crippen LogP contribution in [0.4, 0.5) is 0 Å². The summed E-state index contributed by atoms with van der Waals surface area (Å²) < 4.78 is 0. The van der Waals surface area contributed by atoms with Gasteiger partial charge in [-0.25, -0.2) is 0 Å². The van der Waals surface area contributed by atoms with Crippen molar-refractivity contribution in [3.8, 4) is 0 Å². The highest BCUT2D eigenvalue weighted by atomic mass is 16.6. The molecule has 0 radical (unpaired) electrons. The van der Waals surface area contributed by atoms with Crippen LogP contribution in [-0.2, 0) is 0 Å². The standard InChI is InChI=1S/C8H9NO2/c10-9(11)7-6-8-4-2-1-3-5-8/h1-4,6-8H,5H2. The molecule has 3 heteroatoms. The Hall–Kier alpha value is -1.38. The van der Waals surface area contributed by atoms with Crippen molar-refractivity contribution in [3.05, 3.63) is 46.7 Å². The van der Waals surface area contributed by atoms with Crippen LogP contribution in [-0.4, -0.2) is 4.92 Å². The first kappa shape index (κ1) is 7.72. The molecule has 11 heavy (non-hydrogen) atoms. The number of allylic oxidation sites excluding steroid dienone is 5. The molecule has 0 heterocycles. The Balaban J connectivity index is 2.44. The van der Waals surface area contributed by atoms with Gasteiger partial charge in [-0.15, -0.1) is 0 Å². The van der Waals surface area contributed by atoms with Gasteiger partial charge in [0.05, 0.1) is 4.92 Å². The van der Waals surface area contributed by atoms with E-state index in [4.69, 9.17) is 0 Å². The summed E-state index contributed by atoms with van der Waals surface area (Å²) in [7, 11) is 0. The summed E-state index contributed by atoms with van der Waals surface area (Å²) in [5.74, 6) is 0.199. The summed E-state index contributed by atoms with van der Waals surface area (Å²) >= 11 is 0. The zero-order chi connectivity index (χ0) is 8.10. The highest BCUT2D eigenvalue weighted by molar-refractivity contribution is 5.14. The Morgan fingerprint density at radius 3 is 2.91 bits per heavy atom. The fourth-order valence-corrected chi connectivity index (χ4v) is 0.923. The number of hydrogen-bond acceptors (Lipinski definition) is 2. The van der Waals surface area contributed by atoms with Crippen LogP contribution >= 0.6 is 0 Å². The highest BCUT2D eigenvalue weighted by Crippen LogP contribution is 2.12. The van der Waals surface area contributed by atoms with Crippen molar-refractivity contribution in [2.24, 2.45) is 5.92 Å². The first-order valence-corrected chi connectivity index (χ1v) is 3.44. The summed E-state index contributed by atoms with van der Waals surface area (Å²) in [6.45, 7) is 0. The van der Waals surface area contributed by atoms with E-state index in [1.54, 1.807) is 6.08 Å². The maximum Gasteiger partial charge on any atom is 0.231 e. The van der Waals surface area contributed by atoms with E-state index in [1.807, 2.05) is 24.3 Å². The molecular weight excluding hydrogens is 142 g/mol. The molecule has 0 N–H and O–H groups in total. The lowest BCUT2D eigenvalue weighted by atomic mass is 10.0. The van der Waals surface area contributed by atoms with Crippen molar-refractivity contribution in [2.45, 2.75) is 6.42 Å². The lowest BCUT2D eigenvalue weighted by molar-refractivity contribution is -0.402. The van der Waals surface area contributed by atoms with Crippen molar-refractivity contribution >= 4 is 0 Å². The molecule has 3 nitrogen and oxygen atoms in total. The van der Waals surface area contributed by atoms with Gasteiger partial charge in [0.15, 0.2) is 0 Å². The number of hydrogen-bond donors (Lipinski definition) is 0. The molecule has 0 aromatic carbocycles. The second-order valence-corrected chi connectivity index (χ2v) is 2.34. The second kappa shape index (κ2) is 3.71. The Morgan fingerprint density at radius 1 is 1.55 bits per heavy atom. The third-order valence-corrected chi connectivity index (χ3v) is 1.47. The van der Waals surface area contributed by atoms with Crippen LogP contribution in [0.3, 0.4) is 0 Å². The van der Waals surface area contributed by atoms with Crippen molar-refractivity contribution < 1.29 is 4.92 Å². The van der Waals surface area contributed by atoms with Gasteiger partial charge >= 0.3 is 0 Å². The van der Waals surface area contributed by atoms with E-state index in [0.717, 1.165) is 12.6 Å². The third kappa shape index (κ3) is 2.80. The van der Waals surface area contributed by atoms with Crippen LogP contribution in [0.15, 0.2) is 36.6 Å². The molecule has 0 saturated carbocycles. The molecule has 58 valence electrons. The predicted molar refractivity (Wildman–Crippen MR) is 42.5 cm³/mol. The first-order valence-electron chi connectivity index (χ1n) is 3.44. The average Bonchev–Trinajstić information content (AvgIpc) is 2.03. The van der Waals surface area contributed by atoms with E-state index in [2.05, 4.69) is 0 Å². The van der Waals surface area contributed by atoms with E-state index in [1.165, 1.54) is 0 Å². The van der Waals surface area contributed by atoms with Crippen LogP contribution < -0.4 is 0 Å². The molecule has 1 rings (SSSR count). The minimum atomic E-state index is -0.438. The highest BCUT2D eigenvalue weighted by Gasteiger charge is 2.01. The Kier molecular flexibility index (Phi) is 2.60. The molecule has 0 amide bonds. The van der Waals surface area contributed by atoms with Crippen molar-refractivity contribution in [1.29, 1.82) is 0 Å². The monoisotopic (exact) mass is 151 g/mol. The van der Waals surface area contributed by atoms with Crippen LogP contribution in [0, 0.1) is 16.0 Å². The summed E-state index contributed by atoms with van der Waals surface area (Å²) in [4.78, 5) is 9.48. The van der Waals surface area contributed by atoms with Crippen molar-refractivity contribution in [2.75, 3.05) is 0 Å². The molecule has 0 bridgehead atoms. The molecule has 1 unspecified atom stereocenters. The van der Waals surface area contributed by atoms with E-state index >= 15 is 0 Å². The topological polar surface area (TPSA) is 43.1 Å². The fraction of sp³-hybridized carbons (Fsp3) is 0.250. The van der Waals surface area contributed by atoms with E-state index < -0.39 is 4.92 Å². The minimum absolute atomic E-state index is 0.199. The Morgan fingerprint density at radius 2 is 2.36 bits per heavy atom. The maximum atomic E-state index is 9.92. The van der Waals surface area contributed by atoms with Gasteiger partial charge in [-0.1, -0.05) is 24.3 Å². The smallest absolute Gasteiger partial charge is 0.231 e. The normalized spacial score (nSPS) is 22.7. The first-order chi connectivity index (χ1) is 5.29. The van der Waals surface area contributed by atoms with Gasteiger partial charge in [0.1, 0.15) is 0 Å². The molecule has 1 aliphatic carbocycles. The van der Waals surface area contributed by atoms with Gasteiger partial charge in [-0.2, -0.15) is 0 Å². The van der Waals surface area contributed by atoms with E-state index in [0.29, 0.717) is 0 Å². The summed E-state index contributed by atoms with van der Waals surface area (Å²) in [5, 5.41) is 9.92. The second-order valence-electron chi connectivity index (χ2n) is 2.34. The molecule has 1 aliphatic rings. The van der Waals surface area contributed by atoms with Crippen molar-refractivity contribution in [3.63, 3.8) is 0 Å². The van der Waals surface area contributed by atoms with Gasteiger partial charge in [0, 0.05) is 5.92 Å². The number of nitro groups is 1. The molecule has 0 saturated heterocycles. The van der Waals surface area contributed by atoms with Gasteiger partial charge in [0.2, 0.25) is 6.20 Å². The zero-order valence-electron chi connectivity index (χ0n) is 6.01. The van der Waals surface area contributed by atoms with Crippen LogP contribution in [0.2, 0.25) is 0 Å². The Labute approximate surface area is 64.9 Å². The minimum Gasteiger partial charge on any atom is -0.259 e. The summed E-state index contributed by atoms with van der Waals surface area (Å²) in [5.41, 5.74) is 0. The van der Waals surface area contributed by atoms with Gasteiger partial charge in [0.25, 0.3) is 0 Å². The van der Waals surface area contributed by atoms with Crippen molar-refractivity contribution in [1.82, 2.24) is 0 Å². The summed E-state index contributed by atoms with van der Waals surface area (Å²) in [6, 6.07) is 0.